The van der Waals surface area contributed by atoms with Gasteiger partial charge >= 0.3 is 0 Å². The van der Waals surface area contributed by atoms with E-state index in [0.29, 0.717) is 16.5 Å². The summed E-state index contributed by atoms with van der Waals surface area (Å²) in [5.74, 6) is 0.249. The molecule has 29 heavy (non-hydrogen) atoms. The summed E-state index contributed by atoms with van der Waals surface area (Å²) in [4.78, 5) is 15.8. The maximum atomic E-state index is 12.2. The van der Waals surface area contributed by atoms with Crippen LogP contribution in [0.5, 0.6) is 0 Å². The number of amides is 1. The van der Waals surface area contributed by atoms with Gasteiger partial charge in [0.25, 0.3) is 0 Å². The lowest BCUT2D eigenvalue weighted by molar-refractivity contribution is -0.117. The van der Waals surface area contributed by atoms with Crippen LogP contribution in [-0.4, -0.2) is 57.3 Å². The van der Waals surface area contributed by atoms with Crippen LogP contribution in [0.1, 0.15) is 5.56 Å². The Hall–Kier alpha value is -2.81. The third kappa shape index (κ3) is 5.38. The minimum absolute atomic E-state index is 0.0231. The van der Waals surface area contributed by atoms with E-state index in [1.54, 1.807) is 24.3 Å². The van der Waals surface area contributed by atoms with E-state index in [0.717, 1.165) is 38.4 Å². The lowest BCUT2D eigenvalue weighted by Crippen LogP contribution is -2.35. The van der Waals surface area contributed by atoms with Crippen molar-refractivity contribution in [1.82, 2.24) is 25.1 Å². The number of nitrogens with zero attached hydrogens (tertiary/aromatic N) is 5. The molecule has 0 atom stereocenters. The number of carbonyl (C=O) groups is 1. The molecule has 0 spiro atoms. The van der Waals surface area contributed by atoms with Gasteiger partial charge in [0.05, 0.1) is 13.2 Å². The van der Waals surface area contributed by atoms with Crippen molar-refractivity contribution < 1.29 is 9.53 Å². The number of carbonyl (C=O) groups excluding carboxylic acids is 1. The molecular formula is C20H21ClN6O2. The van der Waals surface area contributed by atoms with Crippen molar-refractivity contribution >= 4 is 23.2 Å². The van der Waals surface area contributed by atoms with E-state index in [2.05, 4.69) is 37.8 Å². The number of rotatable bonds is 6. The summed E-state index contributed by atoms with van der Waals surface area (Å²) < 4.78 is 5.38. The summed E-state index contributed by atoms with van der Waals surface area (Å²) in [6.07, 6.45) is 0. The van der Waals surface area contributed by atoms with Crippen molar-refractivity contribution in [2.45, 2.75) is 13.1 Å². The van der Waals surface area contributed by atoms with Gasteiger partial charge in [-0.1, -0.05) is 35.9 Å². The highest BCUT2D eigenvalue weighted by Gasteiger charge is 2.12. The number of hydrogen-bond acceptors (Lipinski definition) is 6. The topological polar surface area (TPSA) is 85.2 Å². The molecule has 1 saturated heterocycles. The molecule has 8 nitrogen and oxygen atoms in total. The fourth-order valence-corrected chi connectivity index (χ4v) is 3.19. The summed E-state index contributed by atoms with van der Waals surface area (Å²) in [7, 11) is 0. The molecule has 1 fully saturated rings. The Kier molecular flexibility index (Phi) is 6.14. The van der Waals surface area contributed by atoms with Crippen LogP contribution in [0.15, 0.2) is 48.5 Å². The zero-order valence-electron chi connectivity index (χ0n) is 15.8. The monoisotopic (exact) mass is 412 g/mol. The van der Waals surface area contributed by atoms with Crippen LogP contribution in [0.4, 0.5) is 5.69 Å². The van der Waals surface area contributed by atoms with Crippen LogP contribution in [0.2, 0.25) is 5.02 Å². The molecular weight excluding hydrogens is 392 g/mol. The quantitative estimate of drug-likeness (QED) is 0.669. The van der Waals surface area contributed by atoms with Crippen molar-refractivity contribution in [2.75, 3.05) is 31.6 Å². The highest BCUT2D eigenvalue weighted by molar-refractivity contribution is 6.30. The molecule has 1 N–H and O–H groups in total. The minimum Gasteiger partial charge on any atom is -0.379 e. The van der Waals surface area contributed by atoms with Crippen LogP contribution in [0.25, 0.3) is 11.4 Å². The molecule has 9 heteroatoms. The van der Waals surface area contributed by atoms with Gasteiger partial charge in [0, 0.05) is 35.9 Å². The summed E-state index contributed by atoms with van der Waals surface area (Å²) in [6.45, 7) is 4.36. The molecule has 1 aliphatic heterocycles. The highest BCUT2D eigenvalue weighted by atomic mass is 35.5. The highest BCUT2D eigenvalue weighted by Crippen LogP contribution is 2.16. The Labute approximate surface area is 173 Å². The Morgan fingerprint density at radius 3 is 2.52 bits per heavy atom. The smallest absolute Gasteiger partial charge is 0.248 e. The lowest BCUT2D eigenvalue weighted by atomic mass is 10.1. The van der Waals surface area contributed by atoms with E-state index in [4.69, 9.17) is 16.3 Å². The number of benzene rings is 2. The van der Waals surface area contributed by atoms with Crippen molar-refractivity contribution in [3.05, 3.63) is 59.1 Å². The van der Waals surface area contributed by atoms with E-state index in [-0.39, 0.29) is 12.5 Å². The number of tetrazole rings is 1. The van der Waals surface area contributed by atoms with Crippen LogP contribution >= 0.6 is 11.6 Å². The number of anilines is 1. The van der Waals surface area contributed by atoms with E-state index >= 15 is 0 Å². The van der Waals surface area contributed by atoms with Crippen LogP contribution < -0.4 is 5.32 Å². The fourth-order valence-electron chi connectivity index (χ4n) is 3.06. The maximum absolute atomic E-state index is 12.2. The van der Waals surface area contributed by atoms with Gasteiger partial charge in [-0.15, -0.1) is 10.2 Å². The van der Waals surface area contributed by atoms with Crippen molar-refractivity contribution in [3.8, 4) is 11.4 Å². The molecule has 1 amide bonds. The Morgan fingerprint density at radius 2 is 1.79 bits per heavy atom. The molecule has 150 valence electrons. The number of nitrogens with one attached hydrogen (secondary N) is 1. The summed E-state index contributed by atoms with van der Waals surface area (Å²) in [5, 5.41) is 15.7. The third-order valence-electron chi connectivity index (χ3n) is 4.59. The molecule has 3 aromatic rings. The van der Waals surface area contributed by atoms with Crippen LogP contribution in [0, 0.1) is 0 Å². The zero-order chi connectivity index (χ0) is 20.1. The molecule has 0 radical (unpaired) electrons. The van der Waals surface area contributed by atoms with E-state index in [1.165, 1.54) is 10.4 Å². The normalized spacial score (nSPS) is 14.7. The number of hydrogen-bond donors (Lipinski definition) is 1. The first-order chi connectivity index (χ1) is 14.2. The van der Waals surface area contributed by atoms with Gasteiger partial charge in [0.1, 0.15) is 6.54 Å². The molecule has 0 unspecified atom stereocenters. The first kappa shape index (κ1) is 19.5. The minimum atomic E-state index is -0.239. The van der Waals surface area contributed by atoms with Gasteiger partial charge in [0.2, 0.25) is 11.7 Å². The summed E-state index contributed by atoms with van der Waals surface area (Å²) >= 11 is 5.84. The number of aromatic nitrogens is 4. The Morgan fingerprint density at radius 1 is 1.07 bits per heavy atom. The first-order valence-corrected chi connectivity index (χ1v) is 9.76. The van der Waals surface area contributed by atoms with Gasteiger partial charge in [-0.05, 0) is 35.0 Å². The van der Waals surface area contributed by atoms with Crippen molar-refractivity contribution in [1.29, 1.82) is 0 Å². The standard InChI is InChI=1S/C20H21ClN6O2/c21-17-5-7-18(8-6-17)22-19(28)14-27-24-20(23-25-27)16-3-1-15(2-4-16)13-26-9-11-29-12-10-26/h1-8H,9-14H2,(H,22,28). The van der Waals surface area contributed by atoms with Gasteiger partial charge in [-0.25, -0.2) is 0 Å². The molecule has 0 bridgehead atoms. The van der Waals surface area contributed by atoms with Crippen LogP contribution in [0.3, 0.4) is 0 Å². The maximum Gasteiger partial charge on any atom is 0.248 e. The predicted molar refractivity (Wildman–Crippen MR) is 109 cm³/mol. The second-order valence-corrected chi connectivity index (χ2v) is 7.22. The summed E-state index contributed by atoms with van der Waals surface area (Å²) in [6, 6.07) is 15.0. The average Bonchev–Trinajstić information content (AvgIpc) is 3.19. The molecule has 2 aromatic carbocycles. The fraction of sp³-hybridized carbons (Fsp3) is 0.300. The number of halogens is 1. The van der Waals surface area contributed by atoms with Crippen molar-refractivity contribution in [2.24, 2.45) is 0 Å². The molecule has 2 heterocycles. The molecule has 0 aliphatic carbocycles. The molecule has 1 aromatic heterocycles. The molecule has 1 aliphatic rings. The largest absolute Gasteiger partial charge is 0.379 e. The predicted octanol–water partition coefficient (Wildman–Crippen LogP) is 2.46. The third-order valence-corrected chi connectivity index (χ3v) is 4.84. The summed E-state index contributed by atoms with van der Waals surface area (Å²) in [5.41, 5.74) is 2.75. The molecule has 0 saturated carbocycles. The second kappa shape index (κ2) is 9.13. The van der Waals surface area contributed by atoms with Gasteiger partial charge in [0.15, 0.2) is 0 Å². The van der Waals surface area contributed by atoms with Gasteiger partial charge in [-0.2, -0.15) is 4.80 Å². The molecule has 4 rings (SSSR count). The second-order valence-electron chi connectivity index (χ2n) is 6.78. The average molecular weight is 413 g/mol. The Bertz CT molecular complexity index is 952. The first-order valence-electron chi connectivity index (χ1n) is 9.38. The van der Waals surface area contributed by atoms with Gasteiger partial charge in [-0.3, -0.25) is 9.69 Å². The zero-order valence-corrected chi connectivity index (χ0v) is 16.5. The van der Waals surface area contributed by atoms with E-state index in [9.17, 15) is 4.79 Å². The SMILES string of the molecule is O=C(Cn1nnc(-c2ccc(CN3CCOCC3)cc2)n1)Nc1ccc(Cl)cc1. The lowest BCUT2D eigenvalue weighted by Gasteiger charge is -2.26. The van der Waals surface area contributed by atoms with Gasteiger partial charge < -0.3 is 10.1 Å². The number of ether oxygens (including phenoxy) is 1. The van der Waals surface area contributed by atoms with Crippen LogP contribution in [-0.2, 0) is 22.6 Å². The van der Waals surface area contributed by atoms with Crippen molar-refractivity contribution in [3.63, 3.8) is 0 Å². The van der Waals surface area contributed by atoms with E-state index < -0.39 is 0 Å². The number of morpholine rings is 1. The van der Waals surface area contributed by atoms with E-state index in [1.807, 2.05) is 12.1 Å². The Balaban J connectivity index is 1.34.